The first-order chi connectivity index (χ1) is 10.7. The van der Waals surface area contributed by atoms with Gasteiger partial charge < -0.3 is 19.3 Å². The van der Waals surface area contributed by atoms with Crippen molar-refractivity contribution in [2.24, 2.45) is 0 Å². The molecule has 1 aliphatic carbocycles. The maximum Gasteiger partial charge on any atom is 0.311 e. The van der Waals surface area contributed by atoms with Gasteiger partial charge in [-0.1, -0.05) is 18.2 Å². The Morgan fingerprint density at radius 3 is 2.82 bits per heavy atom. The van der Waals surface area contributed by atoms with Gasteiger partial charge in [-0.05, 0) is 18.2 Å². The van der Waals surface area contributed by atoms with Crippen LogP contribution >= 0.6 is 0 Å². The number of hydrogen-bond donors (Lipinski definition) is 1. The Labute approximate surface area is 127 Å². The van der Waals surface area contributed by atoms with E-state index >= 15 is 0 Å². The second-order valence-electron chi connectivity index (χ2n) is 4.95. The van der Waals surface area contributed by atoms with Crippen LogP contribution in [-0.4, -0.2) is 31.4 Å². The number of carboxylic acid groups (broad SMARTS) is 1. The summed E-state index contributed by atoms with van der Waals surface area (Å²) in [5, 5.41) is 10.7. The Morgan fingerprint density at radius 2 is 2.14 bits per heavy atom. The summed E-state index contributed by atoms with van der Waals surface area (Å²) in [4.78, 5) is 11.1. The number of hydrogen-bond acceptors (Lipinski definition) is 4. The number of aliphatic carboxylic acids is 1. The highest BCUT2D eigenvalue weighted by molar-refractivity contribution is 5.79. The van der Waals surface area contributed by atoms with Crippen molar-refractivity contribution < 1.29 is 24.1 Å². The maximum absolute atomic E-state index is 11.1. The monoisotopic (exact) mass is 300 g/mol. The van der Waals surface area contributed by atoms with E-state index in [1.54, 1.807) is 14.2 Å². The number of rotatable bonds is 4. The molecule has 1 atom stereocenters. The minimum Gasteiger partial charge on any atom is -0.496 e. The molecule has 0 bridgehead atoms. The molecule has 3 rings (SSSR count). The van der Waals surface area contributed by atoms with Gasteiger partial charge in [-0.25, -0.2) is 0 Å². The Balaban J connectivity index is 2.41. The summed E-state index contributed by atoms with van der Waals surface area (Å²) < 4.78 is 16.8. The van der Waals surface area contributed by atoms with E-state index in [4.69, 9.17) is 19.3 Å². The SMILES string of the molecule is COC1=CC=CC2OC(CC(=O)O)=c3cccc(OC)c3=C12. The predicted molar refractivity (Wildman–Crippen MR) is 80.4 cm³/mol. The third kappa shape index (κ3) is 2.24. The van der Waals surface area contributed by atoms with Gasteiger partial charge in [0.1, 0.15) is 29.8 Å². The summed E-state index contributed by atoms with van der Waals surface area (Å²) in [7, 11) is 3.19. The maximum atomic E-state index is 11.1. The van der Waals surface area contributed by atoms with Crippen LogP contribution in [0.4, 0.5) is 0 Å². The van der Waals surface area contributed by atoms with Crippen LogP contribution in [-0.2, 0) is 14.3 Å². The summed E-state index contributed by atoms with van der Waals surface area (Å²) in [6.45, 7) is 0. The molecular weight excluding hydrogens is 284 g/mol. The van der Waals surface area contributed by atoms with Crippen molar-refractivity contribution in [2.45, 2.75) is 12.5 Å². The van der Waals surface area contributed by atoms with Gasteiger partial charge >= 0.3 is 5.97 Å². The van der Waals surface area contributed by atoms with Crippen LogP contribution in [0.2, 0.25) is 0 Å². The van der Waals surface area contributed by atoms with Crippen molar-refractivity contribution in [3.05, 3.63) is 52.6 Å². The van der Waals surface area contributed by atoms with E-state index < -0.39 is 5.97 Å². The van der Waals surface area contributed by atoms with Gasteiger partial charge in [0.25, 0.3) is 0 Å². The molecule has 2 aliphatic rings. The molecule has 1 aromatic rings. The number of fused-ring (bicyclic) bond motifs is 2. The van der Waals surface area contributed by atoms with Crippen LogP contribution in [0.5, 0.6) is 5.75 Å². The number of methoxy groups -OCH3 is 2. The van der Waals surface area contributed by atoms with Crippen molar-refractivity contribution in [3.8, 4) is 5.75 Å². The first kappa shape index (κ1) is 14.3. The van der Waals surface area contributed by atoms with Crippen LogP contribution in [0.1, 0.15) is 6.42 Å². The van der Waals surface area contributed by atoms with Crippen molar-refractivity contribution in [1.82, 2.24) is 0 Å². The number of ether oxygens (including phenoxy) is 3. The Hall–Kier alpha value is -2.69. The number of carbonyl (C=O) groups is 1. The lowest BCUT2D eigenvalue weighted by Gasteiger charge is -2.28. The van der Waals surface area contributed by atoms with E-state index in [-0.39, 0.29) is 12.5 Å². The second kappa shape index (κ2) is 5.60. The minimum absolute atomic E-state index is 0.177. The molecule has 0 spiro atoms. The first-order valence-corrected chi connectivity index (χ1v) is 6.87. The molecule has 1 unspecified atom stereocenters. The molecule has 1 aromatic carbocycles. The number of benzene rings is 1. The Bertz CT molecular complexity index is 801. The smallest absolute Gasteiger partial charge is 0.311 e. The van der Waals surface area contributed by atoms with Gasteiger partial charge in [-0.3, -0.25) is 4.79 Å². The normalized spacial score (nSPS) is 18.8. The molecule has 0 saturated heterocycles. The molecule has 0 radical (unpaired) electrons. The molecule has 22 heavy (non-hydrogen) atoms. The predicted octanol–water partition coefficient (Wildman–Crippen LogP) is 0.928. The zero-order valence-corrected chi connectivity index (χ0v) is 12.3. The molecule has 1 aliphatic heterocycles. The van der Waals surface area contributed by atoms with Gasteiger partial charge in [0.2, 0.25) is 0 Å². The second-order valence-corrected chi connectivity index (χ2v) is 4.95. The fraction of sp³-hybridized carbons (Fsp3) is 0.235. The van der Waals surface area contributed by atoms with Crippen LogP contribution in [0.15, 0.2) is 42.2 Å². The molecule has 1 N–H and O–H groups in total. The quantitative estimate of drug-likeness (QED) is 0.896. The van der Waals surface area contributed by atoms with E-state index in [9.17, 15) is 4.79 Å². The van der Waals surface area contributed by atoms with Crippen molar-refractivity contribution in [2.75, 3.05) is 14.2 Å². The highest BCUT2D eigenvalue weighted by atomic mass is 16.5. The van der Waals surface area contributed by atoms with Crippen molar-refractivity contribution >= 4 is 17.3 Å². The number of carboxylic acids is 1. The van der Waals surface area contributed by atoms with Crippen molar-refractivity contribution in [3.63, 3.8) is 0 Å². The van der Waals surface area contributed by atoms with E-state index in [0.29, 0.717) is 17.3 Å². The van der Waals surface area contributed by atoms with E-state index in [1.807, 2.05) is 36.4 Å². The van der Waals surface area contributed by atoms with E-state index in [0.717, 1.165) is 16.0 Å². The largest absolute Gasteiger partial charge is 0.496 e. The summed E-state index contributed by atoms with van der Waals surface area (Å²) in [6, 6.07) is 5.50. The summed E-state index contributed by atoms with van der Waals surface area (Å²) in [5.74, 6) is 0.848. The topological polar surface area (TPSA) is 65.0 Å². The lowest BCUT2D eigenvalue weighted by atomic mass is 9.95. The van der Waals surface area contributed by atoms with E-state index in [1.165, 1.54) is 0 Å². The fourth-order valence-electron chi connectivity index (χ4n) is 2.81. The third-order valence-corrected chi connectivity index (χ3v) is 3.70. The molecule has 5 nitrogen and oxygen atoms in total. The minimum atomic E-state index is -0.936. The molecule has 0 aromatic heterocycles. The molecule has 5 heteroatoms. The van der Waals surface area contributed by atoms with Crippen LogP contribution in [0.3, 0.4) is 0 Å². The zero-order chi connectivity index (χ0) is 15.7. The molecule has 0 saturated carbocycles. The lowest BCUT2D eigenvalue weighted by Crippen LogP contribution is -2.41. The van der Waals surface area contributed by atoms with Crippen molar-refractivity contribution in [1.29, 1.82) is 0 Å². The Morgan fingerprint density at radius 1 is 1.32 bits per heavy atom. The van der Waals surface area contributed by atoms with Crippen LogP contribution in [0, 0.1) is 0 Å². The highest BCUT2D eigenvalue weighted by Gasteiger charge is 2.28. The van der Waals surface area contributed by atoms with Crippen LogP contribution < -0.4 is 15.2 Å². The third-order valence-electron chi connectivity index (χ3n) is 3.70. The Kier molecular flexibility index (Phi) is 3.63. The molecular formula is C17H16O5. The van der Waals surface area contributed by atoms with Gasteiger partial charge in [0.15, 0.2) is 0 Å². The molecule has 0 amide bonds. The summed E-state index contributed by atoms with van der Waals surface area (Å²) in [6.07, 6.45) is 5.01. The fourth-order valence-corrected chi connectivity index (χ4v) is 2.81. The summed E-state index contributed by atoms with van der Waals surface area (Å²) in [5.41, 5.74) is 0.853. The molecule has 114 valence electrons. The van der Waals surface area contributed by atoms with Gasteiger partial charge in [-0.2, -0.15) is 0 Å². The zero-order valence-electron chi connectivity index (χ0n) is 12.3. The average molecular weight is 300 g/mol. The van der Waals surface area contributed by atoms with Gasteiger partial charge in [0.05, 0.1) is 19.8 Å². The standard InChI is InChI=1S/C17H16O5/c1-20-11-6-3-5-10-14(9-15(18)19)22-13-8-4-7-12(21-2)17(13)16(10)11/h3-8,13H,9H2,1-2H3,(H,18,19). The van der Waals surface area contributed by atoms with E-state index in [2.05, 4.69) is 0 Å². The molecule has 1 heterocycles. The van der Waals surface area contributed by atoms with Gasteiger partial charge in [-0.15, -0.1) is 0 Å². The highest BCUT2D eigenvalue weighted by Crippen LogP contribution is 2.28. The number of allylic oxidation sites excluding steroid dienone is 2. The lowest BCUT2D eigenvalue weighted by molar-refractivity contribution is -0.136. The average Bonchev–Trinajstić information content (AvgIpc) is 2.53. The van der Waals surface area contributed by atoms with Gasteiger partial charge in [0, 0.05) is 10.4 Å². The molecule has 0 fully saturated rings. The summed E-state index contributed by atoms with van der Waals surface area (Å²) >= 11 is 0. The van der Waals surface area contributed by atoms with Crippen LogP contribution in [0.25, 0.3) is 11.3 Å². The first-order valence-electron chi connectivity index (χ1n) is 6.87.